The van der Waals surface area contributed by atoms with Gasteiger partial charge in [-0.3, -0.25) is 19.6 Å². The van der Waals surface area contributed by atoms with Gasteiger partial charge in [0, 0.05) is 20.1 Å². The molecular formula is C16H18N4O4. The molecule has 24 heavy (non-hydrogen) atoms. The van der Waals surface area contributed by atoms with Gasteiger partial charge in [-0.15, -0.1) is 6.58 Å². The molecule has 0 atom stereocenters. The summed E-state index contributed by atoms with van der Waals surface area (Å²) in [6.45, 7) is 4.16. The van der Waals surface area contributed by atoms with Gasteiger partial charge in [-0.05, 0) is 17.7 Å². The van der Waals surface area contributed by atoms with Crippen molar-refractivity contribution < 1.29 is 14.5 Å². The molecule has 0 bridgehead atoms. The second-order valence-corrected chi connectivity index (χ2v) is 5.12. The number of rotatable bonds is 7. The van der Waals surface area contributed by atoms with Crippen LogP contribution in [0.3, 0.4) is 0 Å². The summed E-state index contributed by atoms with van der Waals surface area (Å²) in [5, 5.41) is 15.0. The molecule has 0 saturated carbocycles. The minimum atomic E-state index is -0.611. The molecule has 8 nitrogen and oxygen atoms in total. The average Bonchev–Trinajstić information content (AvgIpc) is 2.96. The highest BCUT2D eigenvalue weighted by atomic mass is 16.6. The standard InChI is InChI=1S/C16H18N4O4/c1-4-9-19(10-12-5-7-13(24-3)8-6-12)16(21)15-14(20(22)23)11-18(2)17-15/h4-8,11H,1,9-10H2,2-3H3. The van der Waals surface area contributed by atoms with E-state index in [1.54, 1.807) is 25.3 Å². The molecule has 0 N–H and O–H groups in total. The van der Waals surface area contributed by atoms with Crippen molar-refractivity contribution in [3.05, 3.63) is 64.5 Å². The second kappa shape index (κ2) is 7.40. The Kier molecular flexibility index (Phi) is 5.31. The molecule has 126 valence electrons. The van der Waals surface area contributed by atoms with Gasteiger partial charge in [0.05, 0.1) is 12.0 Å². The van der Waals surface area contributed by atoms with Crippen LogP contribution in [0.5, 0.6) is 5.75 Å². The fourth-order valence-electron chi connectivity index (χ4n) is 2.24. The second-order valence-electron chi connectivity index (χ2n) is 5.12. The monoisotopic (exact) mass is 330 g/mol. The number of aromatic nitrogens is 2. The van der Waals surface area contributed by atoms with Crippen molar-refractivity contribution in [3.8, 4) is 5.75 Å². The molecule has 0 saturated heterocycles. The van der Waals surface area contributed by atoms with Gasteiger partial charge in [-0.1, -0.05) is 18.2 Å². The zero-order chi connectivity index (χ0) is 17.7. The SMILES string of the molecule is C=CCN(Cc1ccc(OC)cc1)C(=O)c1nn(C)cc1[N+](=O)[O-]. The van der Waals surface area contributed by atoms with Gasteiger partial charge in [0.25, 0.3) is 5.91 Å². The summed E-state index contributed by atoms with van der Waals surface area (Å²) in [6, 6.07) is 7.23. The molecule has 1 heterocycles. The van der Waals surface area contributed by atoms with E-state index < -0.39 is 10.8 Å². The minimum absolute atomic E-state index is 0.183. The first-order valence-electron chi connectivity index (χ1n) is 7.17. The van der Waals surface area contributed by atoms with Crippen molar-refractivity contribution in [2.45, 2.75) is 6.54 Å². The number of hydrogen-bond acceptors (Lipinski definition) is 5. The van der Waals surface area contributed by atoms with Crippen LogP contribution in [-0.4, -0.2) is 39.2 Å². The number of carbonyl (C=O) groups excluding carboxylic acids is 1. The molecule has 0 aliphatic heterocycles. The molecule has 0 spiro atoms. The van der Waals surface area contributed by atoms with Crippen molar-refractivity contribution in [1.82, 2.24) is 14.7 Å². The quantitative estimate of drug-likeness (QED) is 0.441. The summed E-state index contributed by atoms with van der Waals surface area (Å²) < 4.78 is 6.35. The normalized spacial score (nSPS) is 10.2. The third-order valence-electron chi connectivity index (χ3n) is 3.38. The van der Waals surface area contributed by atoms with E-state index in [-0.39, 0.29) is 24.5 Å². The number of ether oxygens (including phenoxy) is 1. The lowest BCUT2D eigenvalue weighted by molar-refractivity contribution is -0.385. The molecular weight excluding hydrogens is 312 g/mol. The minimum Gasteiger partial charge on any atom is -0.497 e. The number of nitro groups is 1. The van der Waals surface area contributed by atoms with Gasteiger partial charge in [-0.25, -0.2) is 0 Å². The molecule has 0 radical (unpaired) electrons. The molecule has 1 amide bonds. The maximum atomic E-state index is 12.7. The summed E-state index contributed by atoms with van der Waals surface area (Å²) in [6.07, 6.45) is 2.78. The zero-order valence-corrected chi connectivity index (χ0v) is 13.5. The number of methoxy groups -OCH3 is 1. The van der Waals surface area contributed by atoms with E-state index in [1.165, 1.54) is 22.8 Å². The van der Waals surface area contributed by atoms with E-state index in [0.29, 0.717) is 5.75 Å². The van der Waals surface area contributed by atoms with E-state index in [2.05, 4.69) is 11.7 Å². The van der Waals surface area contributed by atoms with Crippen LogP contribution >= 0.6 is 0 Å². The number of amides is 1. The van der Waals surface area contributed by atoms with E-state index in [0.717, 1.165) is 5.56 Å². The Labute approximate surface area is 139 Å². The smallest absolute Gasteiger partial charge is 0.320 e. The molecule has 2 rings (SSSR count). The molecule has 8 heteroatoms. The Balaban J connectivity index is 2.27. The molecule has 0 aliphatic rings. The predicted molar refractivity (Wildman–Crippen MR) is 87.8 cm³/mol. The molecule has 0 unspecified atom stereocenters. The summed E-state index contributed by atoms with van der Waals surface area (Å²) in [4.78, 5) is 24.6. The fourth-order valence-corrected chi connectivity index (χ4v) is 2.24. The maximum Gasteiger partial charge on any atom is 0.320 e. The number of hydrogen-bond donors (Lipinski definition) is 0. The number of nitrogens with zero attached hydrogens (tertiary/aromatic N) is 4. The average molecular weight is 330 g/mol. The highest BCUT2D eigenvalue weighted by Gasteiger charge is 2.28. The number of carbonyl (C=O) groups is 1. The Bertz CT molecular complexity index is 752. The predicted octanol–water partition coefficient (Wildman–Crippen LogP) is 2.17. The van der Waals surface area contributed by atoms with E-state index in [4.69, 9.17) is 4.74 Å². The first-order valence-corrected chi connectivity index (χ1v) is 7.17. The third kappa shape index (κ3) is 3.78. The van der Waals surface area contributed by atoms with Gasteiger partial charge in [0.1, 0.15) is 11.9 Å². The first-order chi connectivity index (χ1) is 11.5. The molecule has 1 aromatic carbocycles. The molecule has 0 fully saturated rings. The van der Waals surface area contributed by atoms with E-state index in [1.807, 2.05) is 12.1 Å². The van der Waals surface area contributed by atoms with E-state index in [9.17, 15) is 14.9 Å². The Morgan fingerprint density at radius 1 is 1.46 bits per heavy atom. The van der Waals surface area contributed by atoms with Gasteiger partial charge in [-0.2, -0.15) is 5.10 Å². The fraction of sp³-hybridized carbons (Fsp3) is 0.250. The van der Waals surface area contributed by atoms with Crippen molar-refractivity contribution in [2.75, 3.05) is 13.7 Å². The van der Waals surface area contributed by atoms with Crippen LogP contribution in [0.4, 0.5) is 5.69 Å². The number of aryl methyl sites for hydroxylation is 1. The van der Waals surface area contributed by atoms with Crippen molar-refractivity contribution in [1.29, 1.82) is 0 Å². The molecule has 1 aromatic heterocycles. The number of benzene rings is 1. The topological polar surface area (TPSA) is 90.5 Å². The van der Waals surface area contributed by atoms with Crippen LogP contribution in [0.25, 0.3) is 0 Å². The van der Waals surface area contributed by atoms with Crippen molar-refractivity contribution in [2.24, 2.45) is 7.05 Å². The van der Waals surface area contributed by atoms with Crippen LogP contribution in [0, 0.1) is 10.1 Å². The Morgan fingerprint density at radius 3 is 2.67 bits per heavy atom. The summed E-state index contributed by atoms with van der Waals surface area (Å²) in [5.74, 6) is 0.193. The lowest BCUT2D eigenvalue weighted by Gasteiger charge is -2.20. The first kappa shape index (κ1) is 17.2. The van der Waals surface area contributed by atoms with Crippen LogP contribution in [0.15, 0.2) is 43.1 Å². The van der Waals surface area contributed by atoms with Crippen LogP contribution in [0.1, 0.15) is 16.1 Å². The molecule has 2 aromatic rings. The Hall–Kier alpha value is -3.16. The van der Waals surface area contributed by atoms with Crippen LogP contribution in [0.2, 0.25) is 0 Å². The van der Waals surface area contributed by atoms with Gasteiger partial charge in [0.15, 0.2) is 0 Å². The van der Waals surface area contributed by atoms with Crippen molar-refractivity contribution in [3.63, 3.8) is 0 Å². The highest BCUT2D eigenvalue weighted by Crippen LogP contribution is 2.20. The lowest BCUT2D eigenvalue weighted by atomic mass is 10.2. The Morgan fingerprint density at radius 2 is 2.12 bits per heavy atom. The summed E-state index contributed by atoms with van der Waals surface area (Å²) in [5.41, 5.74) is 0.369. The largest absolute Gasteiger partial charge is 0.497 e. The van der Waals surface area contributed by atoms with Crippen molar-refractivity contribution >= 4 is 11.6 Å². The summed E-state index contributed by atoms with van der Waals surface area (Å²) in [7, 11) is 3.11. The zero-order valence-electron chi connectivity index (χ0n) is 13.5. The van der Waals surface area contributed by atoms with Crippen LogP contribution in [-0.2, 0) is 13.6 Å². The van der Waals surface area contributed by atoms with E-state index >= 15 is 0 Å². The lowest BCUT2D eigenvalue weighted by Crippen LogP contribution is -2.31. The maximum absolute atomic E-state index is 12.7. The highest BCUT2D eigenvalue weighted by molar-refractivity contribution is 5.96. The summed E-state index contributed by atoms with van der Waals surface area (Å²) >= 11 is 0. The van der Waals surface area contributed by atoms with Gasteiger partial charge in [0.2, 0.25) is 5.69 Å². The third-order valence-corrected chi connectivity index (χ3v) is 3.38. The molecule has 0 aliphatic carbocycles. The van der Waals surface area contributed by atoms with Gasteiger partial charge >= 0.3 is 5.69 Å². The van der Waals surface area contributed by atoms with Crippen LogP contribution < -0.4 is 4.74 Å². The van der Waals surface area contributed by atoms with Gasteiger partial charge < -0.3 is 9.64 Å².